The molecule has 39 heavy (non-hydrogen) atoms. The van der Waals surface area contributed by atoms with E-state index in [1.807, 2.05) is 39.8 Å². The van der Waals surface area contributed by atoms with Crippen molar-refractivity contribution in [3.8, 4) is 17.2 Å². The predicted octanol–water partition coefficient (Wildman–Crippen LogP) is 1.86. The van der Waals surface area contributed by atoms with Crippen LogP contribution in [-0.4, -0.2) is 99.9 Å². The summed E-state index contributed by atoms with van der Waals surface area (Å²) in [6.07, 6.45) is 0.449. The maximum Gasteiger partial charge on any atom is 0.350 e. The topological polar surface area (TPSA) is 119 Å². The maximum absolute atomic E-state index is 13.5. The predicted molar refractivity (Wildman–Crippen MR) is 144 cm³/mol. The highest BCUT2D eigenvalue weighted by atomic mass is 16.6. The summed E-state index contributed by atoms with van der Waals surface area (Å²) < 4.78 is 27.0. The molecule has 2 amide bonds. The van der Waals surface area contributed by atoms with Crippen molar-refractivity contribution in [2.24, 2.45) is 11.8 Å². The van der Waals surface area contributed by atoms with Gasteiger partial charge in [0.05, 0.1) is 34.5 Å². The van der Waals surface area contributed by atoms with E-state index in [2.05, 4.69) is 10.2 Å². The van der Waals surface area contributed by atoms with Crippen LogP contribution in [0.1, 0.15) is 39.7 Å². The van der Waals surface area contributed by atoms with Crippen LogP contribution < -0.4 is 19.5 Å². The molecule has 2 atom stereocenters. The van der Waals surface area contributed by atoms with Gasteiger partial charge in [-0.2, -0.15) is 0 Å². The van der Waals surface area contributed by atoms with Crippen LogP contribution in [0.4, 0.5) is 0 Å². The number of epoxide rings is 1. The standard InChI is InChI=1S/C28H43N3O8/c1-18(2)14-21(29-26(33)28(17-39-28)27(34)38-16-19(3)4)25(32)31-12-10-30(11-13-31)15-20-8-9-22(35-5)24(37-7)23(20)36-6/h8-9,18-19,21H,10-17H2,1-7H3,(H,29,33). The van der Waals surface area contributed by atoms with Gasteiger partial charge in [-0.1, -0.05) is 33.8 Å². The number of hydrogen-bond donors (Lipinski definition) is 1. The molecule has 0 aliphatic carbocycles. The van der Waals surface area contributed by atoms with Crippen molar-refractivity contribution < 1.29 is 38.1 Å². The third kappa shape index (κ3) is 7.33. The Balaban J connectivity index is 1.62. The van der Waals surface area contributed by atoms with E-state index in [1.54, 1.807) is 26.2 Å². The van der Waals surface area contributed by atoms with E-state index in [1.165, 1.54) is 0 Å². The maximum atomic E-state index is 13.5. The highest BCUT2D eigenvalue weighted by Crippen LogP contribution is 2.40. The minimum absolute atomic E-state index is 0.0450. The molecule has 2 fully saturated rings. The van der Waals surface area contributed by atoms with Gasteiger partial charge in [0.25, 0.3) is 11.5 Å². The van der Waals surface area contributed by atoms with E-state index >= 15 is 0 Å². The smallest absolute Gasteiger partial charge is 0.350 e. The normalized spacial score (nSPS) is 20.0. The van der Waals surface area contributed by atoms with Crippen LogP contribution in [0.3, 0.4) is 0 Å². The number of nitrogens with zero attached hydrogens (tertiary/aromatic N) is 2. The Bertz CT molecular complexity index is 1020. The van der Waals surface area contributed by atoms with Crippen molar-refractivity contribution >= 4 is 17.8 Å². The van der Waals surface area contributed by atoms with E-state index in [-0.39, 0.29) is 31.0 Å². The lowest BCUT2D eigenvalue weighted by molar-refractivity contribution is -0.156. The summed E-state index contributed by atoms with van der Waals surface area (Å²) >= 11 is 0. The van der Waals surface area contributed by atoms with E-state index < -0.39 is 23.5 Å². The number of esters is 1. The van der Waals surface area contributed by atoms with Crippen molar-refractivity contribution in [1.29, 1.82) is 0 Å². The first-order chi connectivity index (χ1) is 18.6. The first kappa shape index (κ1) is 30.5. The average molecular weight is 550 g/mol. The van der Waals surface area contributed by atoms with Crippen LogP contribution in [0.25, 0.3) is 0 Å². The quantitative estimate of drug-likeness (QED) is 0.223. The molecule has 2 aliphatic heterocycles. The first-order valence-electron chi connectivity index (χ1n) is 13.5. The van der Waals surface area contributed by atoms with Crippen LogP contribution >= 0.6 is 0 Å². The number of carbonyl (C=O) groups is 3. The summed E-state index contributed by atoms with van der Waals surface area (Å²) in [4.78, 5) is 43.1. The minimum atomic E-state index is -1.65. The van der Waals surface area contributed by atoms with Crippen LogP contribution in [-0.2, 0) is 30.4 Å². The zero-order valence-electron chi connectivity index (χ0n) is 24.2. The second kappa shape index (κ2) is 13.3. The number of hydrogen-bond acceptors (Lipinski definition) is 9. The van der Waals surface area contributed by atoms with Gasteiger partial charge in [-0.3, -0.25) is 14.5 Å². The van der Waals surface area contributed by atoms with Gasteiger partial charge in [0.2, 0.25) is 11.7 Å². The summed E-state index contributed by atoms with van der Waals surface area (Å²) in [5.41, 5.74) is -0.694. The third-order valence-corrected chi connectivity index (χ3v) is 6.85. The highest BCUT2D eigenvalue weighted by Gasteiger charge is 2.61. The minimum Gasteiger partial charge on any atom is -0.493 e. The fourth-order valence-electron chi connectivity index (χ4n) is 4.62. The van der Waals surface area contributed by atoms with Gasteiger partial charge in [0.1, 0.15) is 6.04 Å². The van der Waals surface area contributed by atoms with Gasteiger partial charge in [0.15, 0.2) is 11.5 Å². The molecule has 2 unspecified atom stereocenters. The molecule has 2 aliphatic rings. The highest BCUT2D eigenvalue weighted by molar-refractivity contribution is 6.10. The van der Waals surface area contributed by atoms with E-state index in [0.717, 1.165) is 5.56 Å². The molecule has 2 saturated heterocycles. The van der Waals surface area contributed by atoms with Gasteiger partial charge in [0, 0.05) is 38.3 Å². The molecule has 1 aromatic rings. The molecule has 1 aromatic carbocycles. The van der Waals surface area contributed by atoms with Crippen molar-refractivity contribution in [1.82, 2.24) is 15.1 Å². The SMILES string of the molecule is COc1ccc(CN2CCN(C(=O)C(CC(C)C)NC(=O)C3(C(=O)OCC(C)C)CO3)CC2)c(OC)c1OC. The summed E-state index contributed by atoms with van der Waals surface area (Å²) in [6, 6.07) is 3.05. The molecular weight excluding hydrogens is 506 g/mol. The molecule has 0 saturated carbocycles. The zero-order chi connectivity index (χ0) is 28.7. The molecule has 11 heteroatoms. The Morgan fingerprint density at radius 3 is 2.10 bits per heavy atom. The second-order valence-corrected chi connectivity index (χ2v) is 10.9. The number of rotatable bonds is 13. The van der Waals surface area contributed by atoms with Gasteiger partial charge in [-0.15, -0.1) is 0 Å². The van der Waals surface area contributed by atoms with Crippen LogP contribution in [0.15, 0.2) is 12.1 Å². The Morgan fingerprint density at radius 2 is 1.59 bits per heavy atom. The Hall–Kier alpha value is -3.05. The number of piperazine rings is 1. The number of nitrogens with one attached hydrogen (secondary N) is 1. The van der Waals surface area contributed by atoms with Crippen LogP contribution in [0.5, 0.6) is 17.2 Å². The lowest BCUT2D eigenvalue weighted by atomic mass is 10.0. The van der Waals surface area contributed by atoms with E-state index in [0.29, 0.717) is 56.4 Å². The fourth-order valence-corrected chi connectivity index (χ4v) is 4.62. The number of ether oxygens (including phenoxy) is 5. The average Bonchev–Trinajstić information content (AvgIpc) is 3.73. The Morgan fingerprint density at radius 1 is 0.949 bits per heavy atom. The fraction of sp³-hybridized carbons (Fsp3) is 0.679. The van der Waals surface area contributed by atoms with Crippen LogP contribution in [0, 0.1) is 11.8 Å². The van der Waals surface area contributed by atoms with Crippen LogP contribution in [0.2, 0.25) is 0 Å². The van der Waals surface area contributed by atoms with Crippen molar-refractivity contribution in [2.45, 2.75) is 52.3 Å². The molecule has 2 heterocycles. The molecular formula is C28H43N3O8. The summed E-state index contributed by atoms with van der Waals surface area (Å²) in [5.74, 6) is 0.571. The van der Waals surface area contributed by atoms with Gasteiger partial charge < -0.3 is 33.9 Å². The van der Waals surface area contributed by atoms with Crippen molar-refractivity contribution in [3.63, 3.8) is 0 Å². The van der Waals surface area contributed by atoms with Crippen molar-refractivity contribution in [2.75, 3.05) is 60.7 Å². The first-order valence-corrected chi connectivity index (χ1v) is 13.5. The summed E-state index contributed by atoms with van der Waals surface area (Å²) in [5, 5.41) is 2.79. The molecule has 0 radical (unpaired) electrons. The number of carbonyl (C=O) groups excluding carboxylic acids is 3. The van der Waals surface area contributed by atoms with Crippen molar-refractivity contribution in [3.05, 3.63) is 17.7 Å². The lowest BCUT2D eigenvalue weighted by Gasteiger charge is -2.37. The molecule has 3 rings (SSSR count). The third-order valence-electron chi connectivity index (χ3n) is 6.85. The molecule has 218 valence electrons. The Kier molecular flexibility index (Phi) is 10.4. The molecule has 1 N–H and O–H groups in total. The largest absolute Gasteiger partial charge is 0.493 e. The van der Waals surface area contributed by atoms with Gasteiger partial charge in [-0.05, 0) is 24.3 Å². The number of benzene rings is 1. The zero-order valence-corrected chi connectivity index (χ0v) is 24.2. The lowest BCUT2D eigenvalue weighted by Crippen LogP contribution is -2.57. The Labute approximate surface area is 231 Å². The van der Waals surface area contributed by atoms with E-state index in [9.17, 15) is 14.4 Å². The molecule has 0 spiro atoms. The van der Waals surface area contributed by atoms with Gasteiger partial charge >= 0.3 is 5.97 Å². The molecule has 11 nitrogen and oxygen atoms in total. The number of methoxy groups -OCH3 is 3. The van der Waals surface area contributed by atoms with Gasteiger partial charge in [-0.25, -0.2) is 4.79 Å². The van der Waals surface area contributed by atoms with E-state index in [4.69, 9.17) is 23.7 Å². The summed E-state index contributed by atoms with van der Waals surface area (Å²) in [6.45, 7) is 10.9. The second-order valence-electron chi connectivity index (χ2n) is 10.9. The monoisotopic (exact) mass is 549 g/mol. The molecule has 0 bridgehead atoms. The molecule has 0 aromatic heterocycles. The summed E-state index contributed by atoms with van der Waals surface area (Å²) in [7, 11) is 4.76. The number of amides is 2.